The van der Waals surface area contributed by atoms with E-state index >= 15 is 0 Å². The Bertz CT molecular complexity index is 1150. The van der Waals surface area contributed by atoms with Crippen LogP contribution in [0.2, 0.25) is 0 Å². The van der Waals surface area contributed by atoms with Gasteiger partial charge in [0.25, 0.3) is 5.91 Å². The molecule has 1 aliphatic carbocycles. The molecule has 2 aliphatic rings. The van der Waals surface area contributed by atoms with Crippen LogP contribution in [-0.2, 0) is 4.79 Å². The molecule has 8 nitrogen and oxygen atoms in total. The first-order valence-corrected chi connectivity index (χ1v) is 11.7. The van der Waals surface area contributed by atoms with Crippen molar-refractivity contribution in [3.8, 4) is 5.75 Å². The SMILES string of the molecule is C[C@H]1CC[C@H](n2cc3cc(NC(=O)c4ccccn4)c(OC[C@H]4CCC(=O)N4)cc3n2)CC1. The van der Waals surface area contributed by atoms with Crippen molar-refractivity contribution < 1.29 is 14.3 Å². The van der Waals surface area contributed by atoms with Gasteiger partial charge in [-0.3, -0.25) is 19.3 Å². The Labute approximate surface area is 192 Å². The summed E-state index contributed by atoms with van der Waals surface area (Å²) >= 11 is 0. The standard InChI is InChI=1S/C25H29N5O3/c1-16-5-8-19(9-6-16)30-14-17-12-22(28-25(32)20-4-2-3-11-26-20)23(13-21(17)29-30)33-15-18-7-10-24(31)27-18/h2-4,11-14,16,18-19H,5-10,15H2,1H3,(H,27,31)(H,28,32)/t16-,18-,19-/m1/s1. The summed E-state index contributed by atoms with van der Waals surface area (Å²) in [5.74, 6) is 1.05. The van der Waals surface area contributed by atoms with E-state index in [1.165, 1.54) is 12.8 Å². The van der Waals surface area contributed by atoms with Gasteiger partial charge >= 0.3 is 0 Å². The molecule has 0 unspecified atom stereocenters. The molecule has 2 fully saturated rings. The monoisotopic (exact) mass is 447 g/mol. The lowest BCUT2D eigenvalue weighted by Gasteiger charge is -2.26. The third kappa shape index (κ3) is 4.84. The van der Waals surface area contributed by atoms with Gasteiger partial charge in [0.1, 0.15) is 18.1 Å². The van der Waals surface area contributed by atoms with Crippen molar-refractivity contribution >= 4 is 28.4 Å². The van der Waals surface area contributed by atoms with Crippen molar-refractivity contribution in [2.75, 3.05) is 11.9 Å². The van der Waals surface area contributed by atoms with Gasteiger partial charge in [0.15, 0.2) is 0 Å². The molecule has 5 rings (SSSR count). The lowest BCUT2D eigenvalue weighted by atomic mass is 9.87. The summed E-state index contributed by atoms with van der Waals surface area (Å²) < 4.78 is 8.16. The number of aromatic nitrogens is 3. The van der Waals surface area contributed by atoms with Crippen LogP contribution in [0.5, 0.6) is 5.75 Å². The van der Waals surface area contributed by atoms with E-state index in [0.29, 0.717) is 36.2 Å². The lowest BCUT2D eigenvalue weighted by Crippen LogP contribution is -2.31. The quantitative estimate of drug-likeness (QED) is 0.593. The number of ether oxygens (including phenoxy) is 1. The van der Waals surface area contributed by atoms with E-state index in [-0.39, 0.29) is 17.9 Å². The van der Waals surface area contributed by atoms with Crippen LogP contribution in [0.15, 0.2) is 42.7 Å². The second-order valence-corrected chi connectivity index (χ2v) is 9.21. The highest BCUT2D eigenvalue weighted by Crippen LogP contribution is 2.35. The van der Waals surface area contributed by atoms with Crippen molar-refractivity contribution in [2.24, 2.45) is 5.92 Å². The minimum absolute atomic E-state index is 0.0330. The topological polar surface area (TPSA) is 98.1 Å². The van der Waals surface area contributed by atoms with E-state index in [4.69, 9.17) is 9.84 Å². The average molecular weight is 448 g/mol. The molecule has 3 heterocycles. The van der Waals surface area contributed by atoms with Gasteiger partial charge in [0, 0.05) is 30.3 Å². The Hall–Kier alpha value is -3.42. The molecule has 1 aromatic carbocycles. The van der Waals surface area contributed by atoms with Crippen LogP contribution in [0.4, 0.5) is 5.69 Å². The first-order chi connectivity index (χ1) is 16.0. The number of hydrogen-bond acceptors (Lipinski definition) is 5. The molecule has 1 aliphatic heterocycles. The molecular formula is C25H29N5O3. The Kier molecular flexibility index (Phi) is 5.98. The molecule has 1 atom stereocenters. The van der Waals surface area contributed by atoms with Gasteiger partial charge in [-0.15, -0.1) is 0 Å². The maximum absolute atomic E-state index is 12.8. The fourth-order valence-corrected chi connectivity index (χ4v) is 4.66. The number of nitrogens with zero attached hydrogens (tertiary/aromatic N) is 3. The van der Waals surface area contributed by atoms with Crippen LogP contribution < -0.4 is 15.4 Å². The first-order valence-electron chi connectivity index (χ1n) is 11.7. The zero-order valence-corrected chi connectivity index (χ0v) is 18.8. The normalized spacial score (nSPS) is 22.8. The highest BCUT2D eigenvalue weighted by atomic mass is 16.5. The van der Waals surface area contributed by atoms with Gasteiger partial charge in [-0.1, -0.05) is 13.0 Å². The van der Waals surface area contributed by atoms with E-state index in [1.54, 1.807) is 24.4 Å². The molecule has 33 heavy (non-hydrogen) atoms. The van der Waals surface area contributed by atoms with Crippen LogP contribution in [0.3, 0.4) is 0 Å². The second kappa shape index (κ2) is 9.21. The maximum Gasteiger partial charge on any atom is 0.274 e. The van der Waals surface area contributed by atoms with E-state index in [0.717, 1.165) is 36.1 Å². The van der Waals surface area contributed by atoms with Gasteiger partial charge in [-0.25, -0.2) is 0 Å². The zero-order chi connectivity index (χ0) is 22.8. The van der Waals surface area contributed by atoms with Gasteiger partial charge in [0.05, 0.1) is 23.3 Å². The van der Waals surface area contributed by atoms with E-state index in [2.05, 4.69) is 33.4 Å². The summed E-state index contributed by atoms with van der Waals surface area (Å²) in [6.07, 6.45) is 9.60. The number of anilines is 1. The first kappa shape index (κ1) is 21.4. The molecule has 0 spiro atoms. The predicted octanol–water partition coefficient (Wildman–Crippen LogP) is 4.09. The number of nitrogens with one attached hydrogen (secondary N) is 2. The number of hydrogen-bond donors (Lipinski definition) is 2. The minimum atomic E-state index is -0.303. The van der Waals surface area contributed by atoms with E-state index in [1.807, 2.05) is 12.1 Å². The molecule has 0 radical (unpaired) electrons. The third-order valence-corrected chi connectivity index (χ3v) is 6.65. The molecule has 1 saturated carbocycles. The molecule has 2 amide bonds. The summed E-state index contributed by atoms with van der Waals surface area (Å²) in [6, 6.07) is 9.38. The highest BCUT2D eigenvalue weighted by Gasteiger charge is 2.24. The number of amides is 2. The van der Waals surface area contributed by atoms with Crippen LogP contribution in [-0.4, -0.2) is 39.2 Å². The van der Waals surface area contributed by atoms with E-state index in [9.17, 15) is 9.59 Å². The number of rotatable bonds is 6. The van der Waals surface area contributed by atoms with Crippen LogP contribution >= 0.6 is 0 Å². The van der Waals surface area contributed by atoms with E-state index < -0.39 is 0 Å². The Morgan fingerprint density at radius 2 is 2.06 bits per heavy atom. The Morgan fingerprint density at radius 1 is 1.21 bits per heavy atom. The summed E-state index contributed by atoms with van der Waals surface area (Å²) in [4.78, 5) is 28.5. The van der Waals surface area contributed by atoms with Crippen LogP contribution in [0.1, 0.15) is 62.0 Å². The summed E-state index contributed by atoms with van der Waals surface area (Å²) in [7, 11) is 0. The summed E-state index contributed by atoms with van der Waals surface area (Å²) in [5, 5.41) is 11.6. The smallest absolute Gasteiger partial charge is 0.274 e. The van der Waals surface area contributed by atoms with Crippen LogP contribution in [0, 0.1) is 5.92 Å². The average Bonchev–Trinajstić information content (AvgIpc) is 3.44. The number of benzene rings is 1. The molecule has 2 N–H and O–H groups in total. The summed E-state index contributed by atoms with van der Waals surface area (Å²) in [5.41, 5.74) is 1.73. The fourth-order valence-electron chi connectivity index (χ4n) is 4.66. The van der Waals surface area contributed by atoms with Crippen molar-refractivity contribution in [3.05, 3.63) is 48.4 Å². The van der Waals surface area contributed by atoms with Gasteiger partial charge in [-0.2, -0.15) is 5.10 Å². The maximum atomic E-state index is 12.8. The minimum Gasteiger partial charge on any atom is -0.489 e. The van der Waals surface area contributed by atoms with Crippen molar-refractivity contribution in [3.63, 3.8) is 0 Å². The van der Waals surface area contributed by atoms with Crippen molar-refractivity contribution in [2.45, 2.75) is 57.5 Å². The molecule has 2 aromatic heterocycles. The largest absolute Gasteiger partial charge is 0.489 e. The molecule has 0 bridgehead atoms. The van der Waals surface area contributed by atoms with Gasteiger partial charge in [-0.05, 0) is 56.2 Å². The number of carbonyl (C=O) groups is 2. The number of carbonyl (C=O) groups excluding carboxylic acids is 2. The number of fused-ring (bicyclic) bond motifs is 1. The molecule has 3 aromatic rings. The molecular weight excluding hydrogens is 418 g/mol. The van der Waals surface area contributed by atoms with Crippen LogP contribution in [0.25, 0.3) is 10.9 Å². The second-order valence-electron chi connectivity index (χ2n) is 9.21. The summed E-state index contributed by atoms with van der Waals surface area (Å²) in [6.45, 7) is 2.65. The Morgan fingerprint density at radius 3 is 2.79 bits per heavy atom. The van der Waals surface area contributed by atoms with Crippen molar-refractivity contribution in [1.82, 2.24) is 20.1 Å². The lowest BCUT2D eigenvalue weighted by molar-refractivity contribution is -0.119. The van der Waals surface area contributed by atoms with Gasteiger partial charge < -0.3 is 15.4 Å². The van der Waals surface area contributed by atoms with Crippen molar-refractivity contribution in [1.29, 1.82) is 0 Å². The fraction of sp³-hybridized carbons (Fsp3) is 0.440. The number of pyridine rings is 1. The molecule has 1 saturated heterocycles. The highest BCUT2D eigenvalue weighted by molar-refractivity contribution is 6.05. The Balaban J connectivity index is 1.42. The zero-order valence-electron chi connectivity index (χ0n) is 18.8. The third-order valence-electron chi connectivity index (χ3n) is 6.65. The predicted molar refractivity (Wildman–Crippen MR) is 125 cm³/mol. The molecule has 172 valence electrons. The molecule has 8 heteroatoms. The van der Waals surface area contributed by atoms with Gasteiger partial charge in [0.2, 0.25) is 5.91 Å².